The Morgan fingerprint density at radius 1 is 1.04 bits per heavy atom. The Balaban J connectivity index is 1.37. The molecule has 6 heteroatoms. The molecule has 2 aliphatic rings. The van der Waals surface area contributed by atoms with Gasteiger partial charge in [-0.25, -0.2) is 4.39 Å². The number of hydrogen-bond acceptors (Lipinski definition) is 3. The molecule has 28 heavy (non-hydrogen) atoms. The van der Waals surface area contributed by atoms with Crippen molar-refractivity contribution < 1.29 is 14.0 Å². The van der Waals surface area contributed by atoms with E-state index in [1.54, 1.807) is 0 Å². The molecular weight excluding hydrogens is 357 g/mol. The van der Waals surface area contributed by atoms with Crippen molar-refractivity contribution in [2.75, 3.05) is 26.2 Å². The molecule has 1 N–H and O–H groups in total. The van der Waals surface area contributed by atoms with Crippen molar-refractivity contribution in [3.63, 3.8) is 0 Å². The molecule has 2 heterocycles. The van der Waals surface area contributed by atoms with Crippen LogP contribution in [0.1, 0.15) is 51.0 Å². The van der Waals surface area contributed by atoms with E-state index in [9.17, 15) is 14.0 Å². The van der Waals surface area contributed by atoms with Crippen LogP contribution in [0.25, 0.3) is 0 Å². The zero-order valence-electron chi connectivity index (χ0n) is 16.8. The van der Waals surface area contributed by atoms with Crippen molar-refractivity contribution in [3.05, 3.63) is 35.6 Å². The van der Waals surface area contributed by atoms with Gasteiger partial charge < -0.3 is 10.2 Å². The Morgan fingerprint density at radius 3 is 2.29 bits per heavy atom. The van der Waals surface area contributed by atoms with Gasteiger partial charge in [0.25, 0.3) is 0 Å². The highest BCUT2D eigenvalue weighted by molar-refractivity contribution is 5.80. The molecular formula is C22H32FN3O2. The molecule has 5 nitrogen and oxygen atoms in total. The summed E-state index contributed by atoms with van der Waals surface area (Å²) >= 11 is 0. The van der Waals surface area contributed by atoms with Crippen molar-refractivity contribution in [2.24, 2.45) is 5.92 Å². The van der Waals surface area contributed by atoms with Gasteiger partial charge in [-0.2, -0.15) is 0 Å². The highest BCUT2D eigenvalue weighted by Gasteiger charge is 2.29. The summed E-state index contributed by atoms with van der Waals surface area (Å²) in [5.41, 5.74) is 1.12. The first-order chi connectivity index (χ1) is 13.5. The summed E-state index contributed by atoms with van der Waals surface area (Å²) in [6.45, 7) is 6.12. The topological polar surface area (TPSA) is 52.7 Å². The first-order valence-electron chi connectivity index (χ1n) is 10.6. The van der Waals surface area contributed by atoms with E-state index in [1.165, 1.54) is 12.1 Å². The maximum absolute atomic E-state index is 13.0. The van der Waals surface area contributed by atoms with Crippen molar-refractivity contribution >= 4 is 11.8 Å². The molecule has 1 aromatic carbocycles. The Labute approximate surface area is 167 Å². The van der Waals surface area contributed by atoms with Crippen molar-refractivity contribution in [1.82, 2.24) is 15.1 Å². The highest BCUT2D eigenvalue weighted by Crippen LogP contribution is 2.20. The zero-order chi connectivity index (χ0) is 19.9. The summed E-state index contributed by atoms with van der Waals surface area (Å²) in [4.78, 5) is 28.8. The van der Waals surface area contributed by atoms with Crippen LogP contribution in [0.2, 0.25) is 0 Å². The number of carbonyl (C=O) groups is 2. The Kier molecular flexibility index (Phi) is 7.43. The van der Waals surface area contributed by atoms with Gasteiger partial charge >= 0.3 is 0 Å². The molecule has 2 saturated heterocycles. The second-order valence-corrected chi connectivity index (χ2v) is 8.09. The molecule has 0 saturated carbocycles. The van der Waals surface area contributed by atoms with E-state index < -0.39 is 0 Å². The van der Waals surface area contributed by atoms with E-state index in [4.69, 9.17) is 0 Å². The fourth-order valence-electron chi connectivity index (χ4n) is 4.17. The number of piperidine rings is 2. The predicted molar refractivity (Wildman–Crippen MR) is 107 cm³/mol. The lowest BCUT2D eigenvalue weighted by Crippen LogP contribution is -2.48. The van der Waals surface area contributed by atoms with E-state index in [1.807, 2.05) is 24.0 Å². The van der Waals surface area contributed by atoms with Crippen molar-refractivity contribution in [1.29, 1.82) is 0 Å². The average molecular weight is 390 g/mol. The molecule has 2 amide bonds. The van der Waals surface area contributed by atoms with Gasteiger partial charge in [0.05, 0.1) is 0 Å². The summed E-state index contributed by atoms with van der Waals surface area (Å²) in [5.74, 6) is 0.197. The molecule has 1 aromatic rings. The Morgan fingerprint density at radius 2 is 1.68 bits per heavy atom. The molecule has 0 bridgehead atoms. The van der Waals surface area contributed by atoms with Gasteiger partial charge in [-0.1, -0.05) is 19.1 Å². The van der Waals surface area contributed by atoms with E-state index in [0.29, 0.717) is 19.5 Å². The largest absolute Gasteiger partial charge is 0.353 e. The smallest absolute Gasteiger partial charge is 0.223 e. The third-order valence-corrected chi connectivity index (χ3v) is 5.94. The van der Waals surface area contributed by atoms with Gasteiger partial charge in [0.15, 0.2) is 0 Å². The Bertz CT molecular complexity index is 648. The van der Waals surface area contributed by atoms with Crippen LogP contribution in [0.4, 0.5) is 4.39 Å². The van der Waals surface area contributed by atoms with Gasteiger partial charge in [-0.3, -0.25) is 14.5 Å². The van der Waals surface area contributed by atoms with Crippen LogP contribution in [0.3, 0.4) is 0 Å². The minimum absolute atomic E-state index is 0.0305. The second kappa shape index (κ2) is 10.0. The number of rotatable bonds is 6. The van der Waals surface area contributed by atoms with Crippen LogP contribution < -0.4 is 5.32 Å². The fourth-order valence-corrected chi connectivity index (χ4v) is 4.17. The minimum atomic E-state index is -0.203. The summed E-state index contributed by atoms with van der Waals surface area (Å²) in [5, 5.41) is 3.23. The maximum atomic E-state index is 13.0. The van der Waals surface area contributed by atoms with Gasteiger partial charge in [0.2, 0.25) is 11.8 Å². The SMILES string of the molecule is CCCC(=O)N1CCC(C(=O)NC2CCN(Cc3ccc(F)cc3)CC2)CC1. The molecule has 3 rings (SSSR count). The number of halogens is 1. The van der Waals surface area contributed by atoms with Crippen LogP contribution in [-0.2, 0) is 16.1 Å². The minimum Gasteiger partial charge on any atom is -0.353 e. The van der Waals surface area contributed by atoms with Crippen LogP contribution in [-0.4, -0.2) is 53.8 Å². The third kappa shape index (κ3) is 5.77. The molecule has 0 radical (unpaired) electrons. The summed E-state index contributed by atoms with van der Waals surface area (Å²) in [6, 6.07) is 6.91. The normalized spacial score (nSPS) is 19.6. The van der Waals surface area contributed by atoms with Gasteiger partial charge in [-0.05, 0) is 49.8 Å². The lowest BCUT2D eigenvalue weighted by molar-refractivity contribution is -0.136. The van der Waals surface area contributed by atoms with E-state index in [0.717, 1.165) is 57.3 Å². The van der Waals surface area contributed by atoms with Gasteiger partial charge in [0, 0.05) is 51.1 Å². The molecule has 154 valence electrons. The lowest BCUT2D eigenvalue weighted by atomic mass is 9.94. The zero-order valence-corrected chi connectivity index (χ0v) is 16.8. The van der Waals surface area contributed by atoms with E-state index in [2.05, 4.69) is 10.2 Å². The molecule has 2 aliphatic heterocycles. The average Bonchev–Trinajstić information content (AvgIpc) is 2.71. The van der Waals surface area contributed by atoms with Crippen molar-refractivity contribution in [2.45, 2.75) is 58.0 Å². The molecule has 0 aromatic heterocycles. The molecule has 2 fully saturated rings. The predicted octanol–water partition coefficient (Wildman–Crippen LogP) is 2.95. The second-order valence-electron chi connectivity index (χ2n) is 8.09. The maximum Gasteiger partial charge on any atom is 0.223 e. The molecule has 0 aliphatic carbocycles. The third-order valence-electron chi connectivity index (χ3n) is 5.94. The van der Waals surface area contributed by atoms with Gasteiger partial charge in [-0.15, -0.1) is 0 Å². The number of hydrogen-bond donors (Lipinski definition) is 1. The quantitative estimate of drug-likeness (QED) is 0.814. The van der Waals surface area contributed by atoms with E-state index in [-0.39, 0.29) is 29.6 Å². The first-order valence-corrected chi connectivity index (χ1v) is 10.6. The number of nitrogens with zero attached hydrogens (tertiary/aromatic N) is 2. The molecule has 0 spiro atoms. The Hall–Kier alpha value is -1.95. The molecule has 0 atom stereocenters. The van der Waals surface area contributed by atoms with Crippen LogP contribution in [0.15, 0.2) is 24.3 Å². The molecule has 0 unspecified atom stereocenters. The fraction of sp³-hybridized carbons (Fsp3) is 0.636. The van der Waals surface area contributed by atoms with Crippen LogP contribution in [0, 0.1) is 11.7 Å². The first kappa shape index (κ1) is 20.8. The summed E-state index contributed by atoms with van der Waals surface area (Å²) in [7, 11) is 0. The van der Waals surface area contributed by atoms with Gasteiger partial charge in [0.1, 0.15) is 5.82 Å². The number of nitrogens with one attached hydrogen (secondary N) is 1. The monoisotopic (exact) mass is 389 g/mol. The van der Waals surface area contributed by atoms with Crippen LogP contribution >= 0.6 is 0 Å². The standard InChI is InChI=1S/C22H32FN3O2/c1-2-3-21(27)26-14-8-18(9-15-26)22(28)24-20-10-12-25(13-11-20)16-17-4-6-19(23)7-5-17/h4-7,18,20H,2-3,8-16H2,1H3,(H,24,28). The number of benzene rings is 1. The summed E-state index contributed by atoms with van der Waals surface area (Å²) in [6.07, 6.45) is 4.91. The van der Waals surface area contributed by atoms with Crippen molar-refractivity contribution in [3.8, 4) is 0 Å². The number of likely N-dealkylation sites (tertiary alicyclic amines) is 2. The van der Waals surface area contributed by atoms with E-state index >= 15 is 0 Å². The summed E-state index contributed by atoms with van der Waals surface area (Å²) < 4.78 is 13.0. The number of amides is 2. The van der Waals surface area contributed by atoms with Crippen LogP contribution in [0.5, 0.6) is 0 Å². The highest BCUT2D eigenvalue weighted by atomic mass is 19.1. The number of carbonyl (C=O) groups excluding carboxylic acids is 2. The lowest BCUT2D eigenvalue weighted by Gasteiger charge is -2.35.